The Morgan fingerprint density at radius 1 is 1.17 bits per heavy atom. The second-order valence-corrected chi connectivity index (χ2v) is 10.4. The molecule has 0 bridgehead atoms. The molecular weight excluding hydrogens is 462 g/mol. The van der Waals surface area contributed by atoms with Gasteiger partial charge in [-0.3, -0.25) is 4.90 Å². The summed E-state index contributed by atoms with van der Waals surface area (Å²) < 4.78 is 34.5. The van der Waals surface area contributed by atoms with Gasteiger partial charge in [-0.25, -0.2) is 8.78 Å². The van der Waals surface area contributed by atoms with Crippen molar-refractivity contribution in [3.8, 4) is 5.75 Å². The number of likely N-dealkylation sites (tertiary alicyclic amines) is 1. The number of ether oxygens (including phenoxy) is 1. The number of para-hydroxylation sites is 1. The molecule has 2 N–H and O–H groups in total. The van der Waals surface area contributed by atoms with Crippen molar-refractivity contribution >= 4 is 5.84 Å². The number of hydrogen-bond donors (Lipinski definition) is 2. The molecule has 4 atom stereocenters. The van der Waals surface area contributed by atoms with Crippen LogP contribution in [0.2, 0.25) is 0 Å². The van der Waals surface area contributed by atoms with Crippen LogP contribution in [-0.4, -0.2) is 72.3 Å². The van der Waals surface area contributed by atoms with Gasteiger partial charge >= 0.3 is 0 Å². The summed E-state index contributed by atoms with van der Waals surface area (Å²) in [4.78, 5) is 4.17. The molecule has 2 fully saturated rings. The zero-order valence-electron chi connectivity index (χ0n) is 21.5. The highest BCUT2D eigenvalue weighted by Gasteiger charge is 2.47. The van der Waals surface area contributed by atoms with E-state index in [4.69, 9.17) is 4.74 Å². The summed E-state index contributed by atoms with van der Waals surface area (Å²) >= 11 is 0. The minimum absolute atomic E-state index is 0.0727. The van der Waals surface area contributed by atoms with Crippen LogP contribution >= 0.6 is 0 Å². The number of halogens is 2. The molecule has 6 nitrogen and oxygen atoms in total. The van der Waals surface area contributed by atoms with E-state index in [0.717, 1.165) is 57.3 Å². The summed E-state index contributed by atoms with van der Waals surface area (Å²) in [6, 6.07) is 13.8. The number of nitrogens with zero attached hydrogens (tertiary/aromatic N) is 3. The number of likely N-dealkylation sites (N-methyl/N-ethyl adjacent to an activating group) is 1. The summed E-state index contributed by atoms with van der Waals surface area (Å²) in [6.45, 7) is 8.64. The zero-order chi connectivity index (χ0) is 25.7. The van der Waals surface area contributed by atoms with Gasteiger partial charge in [0.1, 0.15) is 23.0 Å². The Morgan fingerprint density at radius 3 is 2.61 bits per heavy atom. The first kappa shape index (κ1) is 26.4. The maximum absolute atomic E-state index is 14.3. The molecule has 0 aromatic heterocycles. The van der Waals surface area contributed by atoms with Crippen molar-refractivity contribution in [2.75, 3.05) is 39.8 Å². The molecule has 2 unspecified atom stereocenters. The highest BCUT2D eigenvalue weighted by atomic mass is 19.1. The number of piperidine rings is 1. The fourth-order valence-corrected chi connectivity index (χ4v) is 5.74. The van der Waals surface area contributed by atoms with Gasteiger partial charge < -0.3 is 20.2 Å². The molecule has 2 aromatic rings. The Labute approximate surface area is 212 Å². The number of amidine groups is 1. The van der Waals surface area contributed by atoms with Crippen LogP contribution in [0.25, 0.3) is 0 Å². The van der Waals surface area contributed by atoms with Crippen molar-refractivity contribution in [2.24, 2.45) is 17.0 Å². The van der Waals surface area contributed by atoms with Crippen LogP contribution in [0, 0.1) is 23.5 Å². The fraction of sp³-hybridized carbons (Fsp3) is 0.536. The highest BCUT2D eigenvalue weighted by molar-refractivity contribution is 5.98. The topological polar surface area (TPSA) is 60.3 Å². The van der Waals surface area contributed by atoms with Gasteiger partial charge in [-0.15, -0.1) is 0 Å². The monoisotopic (exact) mass is 500 g/mol. The average Bonchev–Trinajstić information content (AvgIpc) is 3.42. The van der Waals surface area contributed by atoms with Crippen molar-refractivity contribution in [3.05, 3.63) is 65.7 Å². The molecule has 196 valence electrons. The third-order valence-electron chi connectivity index (χ3n) is 8.12. The Balaban J connectivity index is 1.46. The van der Waals surface area contributed by atoms with Crippen LogP contribution in [0.3, 0.4) is 0 Å². The summed E-state index contributed by atoms with van der Waals surface area (Å²) in [7, 11) is 1.76. The minimum Gasteiger partial charge on any atom is -0.487 e. The molecule has 0 saturated carbocycles. The van der Waals surface area contributed by atoms with E-state index >= 15 is 0 Å². The van der Waals surface area contributed by atoms with E-state index in [1.54, 1.807) is 11.9 Å². The predicted molar refractivity (Wildman–Crippen MR) is 138 cm³/mol. The van der Waals surface area contributed by atoms with Gasteiger partial charge in [-0.05, 0) is 63.9 Å². The number of benzene rings is 2. The molecule has 0 spiro atoms. The number of hydrogen-bond acceptors (Lipinski definition) is 5. The first-order valence-electron chi connectivity index (χ1n) is 12.9. The second-order valence-electron chi connectivity index (χ2n) is 10.4. The van der Waals surface area contributed by atoms with Crippen molar-refractivity contribution in [2.45, 2.75) is 44.8 Å². The third kappa shape index (κ3) is 5.81. The third-order valence-corrected chi connectivity index (χ3v) is 8.12. The predicted octanol–water partition coefficient (Wildman–Crippen LogP) is 4.58. The molecule has 2 saturated heterocycles. The summed E-state index contributed by atoms with van der Waals surface area (Å²) in [5.41, 5.74) is -0.229. The van der Waals surface area contributed by atoms with Crippen LogP contribution in [0.5, 0.6) is 5.75 Å². The lowest BCUT2D eigenvalue weighted by atomic mass is 9.73. The quantitative estimate of drug-likeness (QED) is 0.241. The molecule has 2 aromatic carbocycles. The number of rotatable bonds is 8. The van der Waals surface area contributed by atoms with E-state index in [0.29, 0.717) is 24.4 Å². The van der Waals surface area contributed by atoms with Crippen LogP contribution in [-0.2, 0) is 0 Å². The molecule has 2 aliphatic rings. The molecule has 8 heteroatoms. The SMILES string of the molecule is C[C@@H]1CC[C@@H](C(C)(Oc2ccccc2)C2CCNC2)CN1CCN(C)C(=NO)c1ccc(F)cc1F. The lowest BCUT2D eigenvalue weighted by molar-refractivity contribution is -0.0592. The number of nitrogens with one attached hydrogen (secondary N) is 1. The van der Waals surface area contributed by atoms with Crippen molar-refractivity contribution in [1.29, 1.82) is 0 Å². The lowest BCUT2D eigenvalue weighted by Gasteiger charge is -2.48. The Kier molecular flexibility index (Phi) is 8.46. The normalized spacial score (nSPS) is 24.9. The summed E-state index contributed by atoms with van der Waals surface area (Å²) in [5.74, 6) is 0.354. The first-order chi connectivity index (χ1) is 17.3. The molecule has 4 rings (SSSR count). The molecule has 0 radical (unpaired) electrons. The smallest absolute Gasteiger partial charge is 0.178 e. The van der Waals surface area contributed by atoms with E-state index in [-0.39, 0.29) is 17.0 Å². The standard InChI is InChI=1S/C28H38F2N4O2/c1-20-9-10-22(28(2,21-13-14-31-18-21)36-24-7-5-4-6-8-24)19-34(20)16-15-33(3)27(32-35)25-12-11-23(29)17-26(25)30/h4-8,11-12,17,20-22,31,35H,9-10,13-16,18-19H2,1-3H3/t20-,21?,22-,28?/m1/s1. The van der Waals surface area contributed by atoms with E-state index in [2.05, 4.69) is 29.2 Å². The van der Waals surface area contributed by atoms with Crippen LogP contribution in [0.15, 0.2) is 53.7 Å². The van der Waals surface area contributed by atoms with Crippen LogP contribution in [0.1, 0.15) is 38.7 Å². The van der Waals surface area contributed by atoms with E-state index < -0.39 is 11.6 Å². The fourth-order valence-electron chi connectivity index (χ4n) is 5.74. The van der Waals surface area contributed by atoms with Gasteiger partial charge in [-0.1, -0.05) is 23.4 Å². The van der Waals surface area contributed by atoms with Gasteiger partial charge in [0.25, 0.3) is 0 Å². The maximum atomic E-state index is 14.3. The molecular formula is C28H38F2N4O2. The Hall–Kier alpha value is -2.71. The van der Waals surface area contributed by atoms with Crippen molar-refractivity contribution < 1.29 is 18.7 Å². The van der Waals surface area contributed by atoms with E-state index in [1.807, 2.05) is 30.3 Å². The van der Waals surface area contributed by atoms with Crippen LogP contribution < -0.4 is 10.1 Å². The van der Waals surface area contributed by atoms with E-state index in [9.17, 15) is 14.0 Å². The van der Waals surface area contributed by atoms with E-state index in [1.165, 1.54) is 12.1 Å². The largest absolute Gasteiger partial charge is 0.487 e. The summed E-state index contributed by atoms with van der Waals surface area (Å²) in [5, 5.41) is 16.4. The maximum Gasteiger partial charge on any atom is 0.178 e. The minimum atomic E-state index is -0.750. The summed E-state index contributed by atoms with van der Waals surface area (Å²) in [6.07, 6.45) is 3.25. The average molecular weight is 501 g/mol. The Bertz CT molecular complexity index is 1030. The van der Waals surface area contributed by atoms with Gasteiger partial charge in [0.05, 0.1) is 5.56 Å². The van der Waals surface area contributed by atoms with Gasteiger partial charge in [0.2, 0.25) is 0 Å². The second kappa shape index (κ2) is 11.6. The lowest BCUT2D eigenvalue weighted by Crippen LogP contribution is -2.56. The van der Waals surface area contributed by atoms with Crippen LogP contribution in [0.4, 0.5) is 8.78 Å². The molecule has 0 aliphatic carbocycles. The number of oxime groups is 1. The Morgan fingerprint density at radius 2 is 1.94 bits per heavy atom. The van der Waals surface area contributed by atoms with Gasteiger partial charge in [0, 0.05) is 57.2 Å². The zero-order valence-corrected chi connectivity index (χ0v) is 21.5. The van der Waals surface area contributed by atoms with Gasteiger partial charge in [0.15, 0.2) is 5.84 Å². The van der Waals surface area contributed by atoms with Crippen molar-refractivity contribution in [3.63, 3.8) is 0 Å². The molecule has 2 aliphatic heterocycles. The first-order valence-corrected chi connectivity index (χ1v) is 12.9. The van der Waals surface area contributed by atoms with Gasteiger partial charge in [-0.2, -0.15) is 0 Å². The molecule has 36 heavy (non-hydrogen) atoms. The molecule has 2 heterocycles. The van der Waals surface area contributed by atoms with Crippen molar-refractivity contribution in [1.82, 2.24) is 15.1 Å². The highest BCUT2D eigenvalue weighted by Crippen LogP contribution is 2.40. The molecule has 0 amide bonds.